The summed E-state index contributed by atoms with van der Waals surface area (Å²) in [7, 11) is 4.14. The first-order valence-electron chi connectivity index (χ1n) is 7.08. The molecule has 20 heavy (non-hydrogen) atoms. The van der Waals surface area contributed by atoms with Crippen LogP contribution in [0.3, 0.4) is 0 Å². The molecule has 2 aromatic carbocycles. The molecule has 2 aromatic rings. The molecule has 3 rings (SSSR count). The van der Waals surface area contributed by atoms with Gasteiger partial charge in [-0.05, 0) is 29.8 Å². The molecule has 104 valence electrons. The highest BCUT2D eigenvalue weighted by Gasteiger charge is 2.25. The van der Waals surface area contributed by atoms with Crippen molar-refractivity contribution in [3.8, 4) is 0 Å². The van der Waals surface area contributed by atoms with Gasteiger partial charge in [-0.3, -0.25) is 5.32 Å². The number of hydrogen-bond acceptors (Lipinski definition) is 3. The van der Waals surface area contributed by atoms with Gasteiger partial charge in [0, 0.05) is 38.6 Å². The van der Waals surface area contributed by atoms with E-state index in [1.807, 2.05) is 0 Å². The van der Waals surface area contributed by atoms with Gasteiger partial charge in [0.25, 0.3) is 0 Å². The molecule has 0 bridgehead atoms. The van der Waals surface area contributed by atoms with Crippen LogP contribution in [0.4, 0.5) is 11.4 Å². The minimum absolute atomic E-state index is 0.279. The highest BCUT2D eigenvalue weighted by atomic mass is 15.3. The molecular weight excluding hydrogens is 246 g/mol. The second kappa shape index (κ2) is 5.55. The lowest BCUT2D eigenvalue weighted by atomic mass is 10.1. The van der Waals surface area contributed by atoms with Crippen molar-refractivity contribution in [1.82, 2.24) is 5.32 Å². The molecule has 1 aliphatic heterocycles. The predicted molar refractivity (Wildman–Crippen MR) is 85.3 cm³/mol. The van der Waals surface area contributed by atoms with Gasteiger partial charge in [0.2, 0.25) is 0 Å². The van der Waals surface area contributed by atoms with Crippen LogP contribution in [-0.2, 0) is 0 Å². The van der Waals surface area contributed by atoms with Gasteiger partial charge in [0.1, 0.15) is 6.17 Å². The van der Waals surface area contributed by atoms with Gasteiger partial charge < -0.3 is 9.80 Å². The van der Waals surface area contributed by atoms with E-state index in [4.69, 9.17) is 0 Å². The molecule has 1 unspecified atom stereocenters. The first kappa shape index (κ1) is 13.0. The molecule has 1 heterocycles. The molecule has 1 N–H and O–H groups in total. The molecule has 0 amide bonds. The van der Waals surface area contributed by atoms with E-state index in [0.717, 1.165) is 13.1 Å². The van der Waals surface area contributed by atoms with Gasteiger partial charge in [0.15, 0.2) is 0 Å². The molecular formula is C17H21N3. The fourth-order valence-corrected chi connectivity index (χ4v) is 2.71. The summed E-state index contributed by atoms with van der Waals surface area (Å²) >= 11 is 0. The summed E-state index contributed by atoms with van der Waals surface area (Å²) in [6, 6.07) is 19.4. The summed E-state index contributed by atoms with van der Waals surface area (Å²) in [4.78, 5) is 4.55. The molecule has 1 fully saturated rings. The van der Waals surface area contributed by atoms with E-state index in [0.29, 0.717) is 0 Å². The lowest BCUT2D eigenvalue weighted by molar-refractivity contribution is 0.644. The van der Waals surface area contributed by atoms with E-state index in [1.54, 1.807) is 0 Å². The molecule has 0 aliphatic carbocycles. The number of benzene rings is 2. The Balaban J connectivity index is 1.85. The minimum Gasteiger partial charge on any atom is -0.378 e. The van der Waals surface area contributed by atoms with E-state index >= 15 is 0 Å². The van der Waals surface area contributed by atoms with Gasteiger partial charge in [0.05, 0.1) is 0 Å². The number of rotatable bonds is 3. The zero-order chi connectivity index (χ0) is 13.9. The highest BCUT2D eigenvalue weighted by molar-refractivity contribution is 5.57. The summed E-state index contributed by atoms with van der Waals surface area (Å²) in [6.07, 6.45) is 0.279. The van der Waals surface area contributed by atoms with Gasteiger partial charge in [-0.2, -0.15) is 0 Å². The van der Waals surface area contributed by atoms with Crippen LogP contribution in [0.25, 0.3) is 0 Å². The zero-order valence-corrected chi connectivity index (χ0v) is 12.1. The molecule has 3 nitrogen and oxygen atoms in total. The van der Waals surface area contributed by atoms with Gasteiger partial charge >= 0.3 is 0 Å². The SMILES string of the molecule is CN(C)c1ccc(N2CCNC2c2ccccc2)cc1. The number of hydrogen-bond donors (Lipinski definition) is 1. The number of nitrogens with zero attached hydrogens (tertiary/aromatic N) is 2. The lowest BCUT2D eigenvalue weighted by Gasteiger charge is -2.27. The lowest BCUT2D eigenvalue weighted by Crippen LogP contribution is -2.27. The molecule has 0 radical (unpaired) electrons. The summed E-state index contributed by atoms with van der Waals surface area (Å²) in [5.41, 5.74) is 3.83. The van der Waals surface area contributed by atoms with Crippen LogP contribution < -0.4 is 15.1 Å². The molecule has 0 aromatic heterocycles. The Kier molecular flexibility index (Phi) is 3.61. The third-order valence-corrected chi connectivity index (χ3v) is 3.82. The maximum absolute atomic E-state index is 3.57. The monoisotopic (exact) mass is 267 g/mol. The van der Waals surface area contributed by atoms with Gasteiger partial charge in [-0.25, -0.2) is 0 Å². The maximum atomic E-state index is 3.57. The maximum Gasteiger partial charge on any atom is 0.106 e. The molecule has 1 aliphatic rings. The Morgan fingerprint density at radius 2 is 1.70 bits per heavy atom. The van der Waals surface area contributed by atoms with Crippen molar-refractivity contribution in [3.63, 3.8) is 0 Å². The zero-order valence-electron chi connectivity index (χ0n) is 12.1. The van der Waals surface area contributed by atoms with Crippen molar-refractivity contribution in [2.75, 3.05) is 37.0 Å². The van der Waals surface area contributed by atoms with Crippen molar-refractivity contribution in [3.05, 3.63) is 60.2 Å². The van der Waals surface area contributed by atoms with Crippen LogP contribution in [0.5, 0.6) is 0 Å². The van der Waals surface area contributed by atoms with E-state index in [9.17, 15) is 0 Å². The predicted octanol–water partition coefficient (Wildman–Crippen LogP) is 2.86. The molecule has 0 spiro atoms. The average Bonchev–Trinajstić information content (AvgIpc) is 2.97. The Morgan fingerprint density at radius 1 is 1.00 bits per heavy atom. The van der Waals surface area contributed by atoms with E-state index in [-0.39, 0.29) is 6.17 Å². The molecule has 1 saturated heterocycles. The average molecular weight is 267 g/mol. The Labute approximate surface area is 120 Å². The fourth-order valence-electron chi connectivity index (χ4n) is 2.71. The largest absolute Gasteiger partial charge is 0.378 e. The Hall–Kier alpha value is -2.00. The van der Waals surface area contributed by atoms with Crippen LogP contribution in [-0.4, -0.2) is 27.2 Å². The van der Waals surface area contributed by atoms with Gasteiger partial charge in [-0.1, -0.05) is 30.3 Å². The van der Waals surface area contributed by atoms with Crippen LogP contribution in [0.1, 0.15) is 11.7 Å². The van der Waals surface area contributed by atoms with Gasteiger partial charge in [-0.15, -0.1) is 0 Å². The van der Waals surface area contributed by atoms with Crippen molar-refractivity contribution in [1.29, 1.82) is 0 Å². The third-order valence-electron chi connectivity index (χ3n) is 3.82. The molecule has 3 heteroatoms. The smallest absolute Gasteiger partial charge is 0.106 e. The van der Waals surface area contributed by atoms with Crippen LogP contribution in [0.15, 0.2) is 54.6 Å². The second-order valence-electron chi connectivity index (χ2n) is 5.37. The summed E-state index contributed by atoms with van der Waals surface area (Å²) in [5.74, 6) is 0. The van der Waals surface area contributed by atoms with Crippen molar-refractivity contribution < 1.29 is 0 Å². The van der Waals surface area contributed by atoms with Crippen molar-refractivity contribution in [2.45, 2.75) is 6.17 Å². The number of anilines is 2. The van der Waals surface area contributed by atoms with Crippen LogP contribution in [0, 0.1) is 0 Å². The fraction of sp³-hybridized carbons (Fsp3) is 0.294. The van der Waals surface area contributed by atoms with Crippen LogP contribution >= 0.6 is 0 Å². The minimum atomic E-state index is 0.279. The first-order chi connectivity index (χ1) is 9.75. The van der Waals surface area contributed by atoms with E-state index < -0.39 is 0 Å². The second-order valence-corrected chi connectivity index (χ2v) is 5.37. The van der Waals surface area contributed by atoms with Crippen molar-refractivity contribution >= 4 is 11.4 Å². The summed E-state index contributed by atoms with van der Waals surface area (Å²) in [5, 5.41) is 3.57. The first-order valence-corrected chi connectivity index (χ1v) is 7.08. The quantitative estimate of drug-likeness (QED) is 0.922. The third kappa shape index (κ3) is 2.49. The standard InChI is InChI=1S/C17H21N3/c1-19(2)15-8-10-16(11-9-15)20-13-12-18-17(20)14-6-4-3-5-7-14/h3-11,17-18H,12-13H2,1-2H3. The van der Waals surface area contributed by atoms with Crippen LogP contribution in [0.2, 0.25) is 0 Å². The highest BCUT2D eigenvalue weighted by Crippen LogP contribution is 2.29. The van der Waals surface area contributed by atoms with E-state index in [2.05, 4.69) is 83.8 Å². The topological polar surface area (TPSA) is 18.5 Å². The van der Waals surface area contributed by atoms with E-state index in [1.165, 1.54) is 16.9 Å². The molecule has 0 saturated carbocycles. The summed E-state index contributed by atoms with van der Waals surface area (Å²) < 4.78 is 0. The van der Waals surface area contributed by atoms with Crippen molar-refractivity contribution in [2.24, 2.45) is 0 Å². The molecule has 1 atom stereocenters. The number of nitrogens with one attached hydrogen (secondary N) is 1. The summed E-state index contributed by atoms with van der Waals surface area (Å²) in [6.45, 7) is 2.07. The normalized spacial score (nSPS) is 18.3. The Morgan fingerprint density at radius 3 is 2.35 bits per heavy atom. The Bertz CT molecular complexity index is 548.